The second-order valence-electron chi connectivity index (χ2n) is 7.61. The normalized spacial score (nSPS) is 11.8. The summed E-state index contributed by atoms with van der Waals surface area (Å²) >= 11 is 0. The molecule has 150 valence electrons. The molecular weight excluding hydrogens is 380 g/mol. The van der Waals surface area contributed by atoms with Gasteiger partial charge < -0.3 is 10.4 Å². The molecule has 0 saturated heterocycles. The van der Waals surface area contributed by atoms with Crippen LogP contribution in [0.15, 0.2) is 41.3 Å². The van der Waals surface area contributed by atoms with E-state index in [-0.39, 0.29) is 27.6 Å². The number of aryl methyl sites for hydroxylation is 1. The van der Waals surface area contributed by atoms with Crippen molar-refractivity contribution in [1.29, 1.82) is 0 Å². The number of amides is 1. The zero-order chi connectivity index (χ0) is 21.3. The lowest BCUT2D eigenvalue weighted by atomic mass is 10.1. The number of carboxylic acid groups (broad SMARTS) is 1. The van der Waals surface area contributed by atoms with E-state index in [1.54, 1.807) is 13.8 Å². The van der Waals surface area contributed by atoms with Crippen LogP contribution in [0.3, 0.4) is 0 Å². The molecule has 0 saturated carbocycles. The molecule has 3 N–H and O–H groups in total. The van der Waals surface area contributed by atoms with Crippen molar-refractivity contribution in [3.8, 4) is 0 Å². The monoisotopic (exact) mass is 404 g/mol. The van der Waals surface area contributed by atoms with E-state index in [9.17, 15) is 23.1 Å². The summed E-state index contributed by atoms with van der Waals surface area (Å²) in [7, 11) is -4.00. The molecule has 1 amide bonds. The van der Waals surface area contributed by atoms with E-state index in [1.165, 1.54) is 30.3 Å². The van der Waals surface area contributed by atoms with Gasteiger partial charge >= 0.3 is 5.97 Å². The van der Waals surface area contributed by atoms with Crippen LogP contribution in [0.25, 0.3) is 0 Å². The summed E-state index contributed by atoms with van der Waals surface area (Å²) in [5, 5.41) is 12.0. The molecule has 0 atom stereocenters. The molecule has 0 aliphatic rings. The summed E-state index contributed by atoms with van der Waals surface area (Å²) in [5.74, 6) is -1.46. The Morgan fingerprint density at radius 2 is 1.54 bits per heavy atom. The molecule has 0 aliphatic carbocycles. The standard InChI is InChI=1S/C20H24N2O5S/c1-12-10-15(19(24)25)11-17(13(12)2)28(26,27)22-16-8-6-14(7-9-16)18(23)21-20(3,4)5/h6-11,22H,1-5H3,(H,21,23)(H,24,25). The number of carbonyl (C=O) groups is 2. The van der Waals surface area contributed by atoms with Gasteiger partial charge in [-0.3, -0.25) is 9.52 Å². The van der Waals surface area contributed by atoms with Crippen LogP contribution in [-0.2, 0) is 10.0 Å². The highest BCUT2D eigenvalue weighted by molar-refractivity contribution is 7.92. The first-order valence-electron chi connectivity index (χ1n) is 8.60. The molecule has 0 heterocycles. The van der Waals surface area contributed by atoms with Gasteiger partial charge in [-0.25, -0.2) is 13.2 Å². The molecular formula is C20H24N2O5S. The van der Waals surface area contributed by atoms with Crippen molar-refractivity contribution >= 4 is 27.6 Å². The zero-order valence-electron chi connectivity index (χ0n) is 16.5. The van der Waals surface area contributed by atoms with E-state index >= 15 is 0 Å². The van der Waals surface area contributed by atoms with Gasteiger partial charge in [0.05, 0.1) is 10.5 Å². The molecule has 8 heteroatoms. The van der Waals surface area contributed by atoms with Crippen molar-refractivity contribution < 1.29 is 23.1 Å². The van der Waals surface area contributed by atoms with Crippen LogP contribution in [0, 0.1) is 13.8 Å². The molecule has 0 radical (unpaired) electrons. The first kappa shape index (κ1) is 21.4. The highest BCUT2D eigenvalue weighted by Crippen LogP contribution is 2.24. The fourth-order valence-corrected chi connectivity index (χ4v) is 3.94. The molecule has 0 unspecified atom stereocenters. The van der Waals surface area contributed by atoms with Gasteiger partial charge in [-0.1, -0.05) is 0 Å². The Kier molecular flexibility index (Phi) is 5.84. The number of benzene rings is 2. The second-order valence-corrected chi connectivity index (χ2v) is 9.26. The van der Waals surface area contributed by atoms with E-state index in [4.69, 9.17) is 0 Å². The molecule has 0 fully saturated rings. The molecule has 2 aromatic rings. The second kappa shape index (κ2) is 7.63. The number of hydrogen-bond acceptors (Lipinski definition) is 4. The molecule has 0 bridgehead atoms. The van der Waals surface area contributed by atoms with Crippen LogP contribution in [0.2, 0.25) is 0 Å². The number of rotatable bonds is 5. The fourth-order valence-electron chi connectivity index (χ4n) is 2.54. The topological polar surface area (TPSA) is 113 Å². The number of carbonyl (C=O) groups excluding carboxylic acids is 1. The summed E-state index contributed by atoms with van der Waals surface area (Å²) in [6, 6.07) is 8.57. The Morgan fingerprint density at radius 1 is 0.964 bits per heavy atom. The van der Waals surface area contributed by atoms with Crippen molar-refractivity contribution in [1.82, 2.24) is 5.32 Å². The molecule has 0 spiro atoms. The average Bonchev–Trinajstić information content (AvgIpc) is 2.55. The van der Waals surface area contributed by atoms with Gasteiger partial charge in [0.15, 0.2) is 0 Å². The molecule has 28 heavy (non-hydrogen) atoms. The minimum Gasteiger partial charge on any atom is -0.478 e. The maximum absolute atomic E-state index is 12.8. The van der Waals surface area contributed by atoms with Gasteiger partial charge in [0.25, 0.3) is 15.9 Å². The summed E-state index contributed by atoms with van der Waals surface area (Å²) in [6.45, 7) is 8.87. The van der Waals surface area contributed by atoms with Crippen molar-refractivity contribution in [2.75, 3.05) is 4.72 Å². The maximum Gasteiger partial charge on any atom is 0.335 e. The van der Waals surface area contributed by atoms with E-state index < -0.39 is 16.0 Å². The number of nitrogens with one attached hydrogen (secondary N) is 2. The van der Waals surface area contributed by atoms with Gasteiger partial charge in [0, 0.05) is 16.8 Å². The number of sulfonamides is 1. The number of hydrogen-bond donors (Lipinski definition) is 3. The van der Waals surface area contributed by atoms with Crippen molar-refractivity contribution in [2.45, 2.75) is 45.1 Å². The van der Waals surface area contributed by atoms with Crippen molar-refractivity contribution in [3.05, 3.63) is 58.7 Å². The zero-order valence-corrected chi connectivity index (χ0v) is 17.3. The van der Waals surface area contributed by atoms with E-state index in [0.29, 0.717) is 16.7 Å². The summed E-state index contributed by atoms with van der Waals surface area (Å²) in [4.78, 5) is 23.3. The van der Waals surface area contributed by atoms with Crippen LogP contribution in [0.1, 0.15) is 52.6 Å². The quantitative estimate of drug-likeness (QED) is 0.707. The number of anilines is 1. The Hall–Kier alpha value is -2.87. The predicted octanol–water partition coefficient (Wildman–Crippen LogP) is 3.33. The molecule has 0 aliphatic heterocycles. The smallest absolute Gasteiger partial charge is 0.335 e. The molecule has 2 rings (SSSR count). The van der Waals surface area contributed by atoms with Gasteiger partial charge in [0.1, 0.15) is 0 Å². The fraction of sp³-hybridized carbons (Fsp3) is 0.300. The molecule has 7 nitrogen and oxygen atoms in total. The van der Waals surface area contributed by atoms with Crippen LogP contribution in [0.4, 0.5) is 5.69 Å². The highest BCUT2D eigenvalue weighted by atomic mass is 32.2. The van der Waals surface area contributed by atoms with Crippen LogP contribution in [-0.4, -0.2) is 30.9 Å². The van der Waals surface area contributed by atoms with Gasteiger partial charge in [0.2, 0.25) is 0 Å². The lowest BCUT2D eigenvalue weighted by molar-refractivity contribution is 0.0696. The van der Waals surface area contributed by atoms with Gasteiger partial charge in [-0.15, -0.1) is 0 Å². The first-order chi connectivity index (χ1) is 12.8. The summed E-state index contributed by atoms with van der Waals surface area (Å²) in [5.41, 5.74) is 1.22. The predicted molar refractivity (Wildman–Crippen MR) is 107 cm³/mol. The Morgan fingerprint density at radius 3 is 2.04 bits per heavy atom. The third-order valence-corrected chi connectivity index (χ3v) is 5.55. The van der Waals surface area contributed by atoms with Crippen LogP contribution < -0.4 is 10.0 Å². The number of carboxylic acids is 1. The Labute approximate surface area is 164 Å². The third-order valence-electron chi connectivity index (χ3n) is 4.04. The van der Waals surface area contributed by atoms with E-state index in [2.05, 4.69) is 10.0 Å². The van der Waals surface area contributed by atoms with Crippen molar-refractivity contribution in [3.63, 3.8) is 0 Å². The van der Waals surface area contributed by atoms with E-state index in [0.717, 1.165) is 6.07 Å². The Balaban J connectivity index is 2.30. The molecule has 0 aromatic heterocycles. The van der Waals surface area contributed by atoms with E-state index in [1.807, 2.05) is 20.8 Å². The largest absolute Gasteiger partial charge is 0.478 e. The highest BCUT2D eigenvalue weighted by Gasteiger charge is 2.21. The van der Waals surface area contributed by atoms with Crippen molar-refractivity contribution in [2.24, 2.45) is 0 Å². The van der Waals surface area contributed by atoms with Crippen LogP contribution >= 0.6 is 0 Å². The van der Waals surface area contributed by atoms with Crippen LogP contribution in [0.5, 0.6) is 0 Å². The minimum absolute atomic E-state index is 0.0977. The van der Waals surface area contributed by atoms with Gasteiger partial charge in [-0.2, -0.15) is 0 Å². The third kappa shape index (κ3) is 5.10. The maximum atomic E-state index is 12.8. The SMILES string of the molecule is Cc1cc(C(=O)O)cc(S(=O)(=O)Nc2ccc(C(=O)NC(C)(C)C)cc2)c1C. The average molecular weight is 404 g/mol. The lowest BCUT2D eigenvalue weighted by Gasteiger charge is -2.20. The lowest BCUT2D eigenvalue weighted by Crippen LogP contribution is -2.40. The minimum atomic E-state index is -4.00. The Bertz CT molecular complexity index is 1020. The molecule has 2 aromatic carbocycles. The number of aromatic carboxylic acids is 1. The summed E-state index contributed by atoms with van der Waals surface area (Å²) in [6.07, 6.45) is 0. The summed E-state index contributed by atoms with van der Waals surface area (Å²) < 4.78 is 28.0. The van der Waals surface area contributed by atoms with Gasteiger partial charge in [-0.05, 0) is 82.1 Å². The first-order valence-corrected chi connectivity index (χ1v) is 10.1.